The zero-order valence-corrected chi connectivity index (χ0v) is 14.5. The summed E-state index contributed by atoms with van der Waals surface area (Å²) in [5.74, 6) is -0.357. The minimum atomic E-state index is -4.58. The lowest BCUT2D eigenvalue weighted by atomic mass is 10.2. The van der Waals surface area contributed by atoms with Gasteiger partial charge in [0.05, 0.1) is 17.5 Å². The van der Waals surface area contributed by atoms with Gasteiger partial charge in [0.2, 0.25) is 15.9 Å². The van der Waals surface area contributed by atoms with Crippen molar-refractivity contribution in [2.75, 3.05) is 17.1 Å². The fourth-order valence-electron chi connectivity index (χ4n) is 1.98. The fraction of sp³-hybridized carbons (Fsp3) is 0.533. The quantitative estimate of drug-likeness (QED) is 0.807. The SMILES string of the molecule is CCC(C)NC(=O)CCN(c1cccc(C(F)(F)F)c1)S(C)(=O)=O. The number of benzene rings is 1. The minimum Gasteiger partial charge on any atom is -0.354 e. The Morgan fingerprint density at radius 1 is 1.33 bits per heavy atom. The van der Waals surface area contributed by atoms with E-state index in [0.717, 1.165) is 35.2 Å². The van der Waals surface area contributed by atoms with E-state index in [1.54, 1.807) is 6.92 Å². The molecule has 0 spiro atoms. The van der Waals surface area contributed by atoms with Gasteiger partial charge in [-0.15, -0.1) is 0 Å². The average Bonchev–Trinajstić information content (AvgIpc) is 2.45. The summed E-state index contributed by atoms with van der Waals surface area (Å²) in [6.07, 6.45) is -3.12. The number of carbonyl (C=O) groups is 1. The average molecular weight is 366 g/mol. The third-order valence-corrected chi connectivity index (χ3v) is 4.62. The number of amides is 1. The molecule has 0 saturated heterocycles. The van der Waals surface area contributed by atoms with Crippen molar-refractivity contribution in [3.8, 4) is 0 Å². The fourth-order valence-corrected chi connectivity index (χ4v) is 2.90. The Balaban J connectivity index is 2.98. The number of nitrogens with zero attached hydrogens (tertiary/aromatic N) is 1. The number of carbonyl (C=O) groups excluding carboxylic acids is 1. The van der Waals surface area contributed by atoms with E-state index in [1.807, 2.05) is 6.92 Å². The Morgan fingerprint density at radius 2 is 1.96 bits per heavy atom. The van der Waals surface area contributed by atoms with Crippen molar-refractivity contribution >= 4 is 21.6 Å². The van der Waals surface area contributed by atoms with Crippen LogP contribution in [0.4, 0.5) is 18.9 Å². The van der Waals surface area contributed by atoms with Gasteiger partial charge in [-0.1, -0.05) is 13.0 Å². The Morgan fingerprint density at radius 3 is 2.46 bits per heavy atom. The highest BCUT2D eigenvalue weighted by atomic mass is 32.2. The third kappa shape index (κ3) is 6.03. The molecule has 0 saturated carbocycles. The first kappa shape index (κ1) is 20.3. The summed E-state index contributed by atoms with van der Waals surface area (Å²) in [4.78, 5) is 11.8. The summed E-state index contributed by atoms with van der Waals surface area (Å²) >= 11 is 0. The molecule has 0 bridgehead atoms. The first-order valence-electron chi connectivity index (χ1n) is 7.39. The molecule has 9 heteroatoms. The molecule has 0 aliphatic carbocycles. The number of anilines is 1. The van der Waals surface area contributed by atoms with Gasteiger partial charge in [0.15, 0.2) is 0 Å². The molecule has 0 fully saturated rings. The number of nitrogens with one attached hydrogen (secondary N) is 1. The predicted molar refractivity (Wildman–Crippen MR) is 86.1 cm³/mol. The van der Waals surface area contributed by atoms with Gasteiger partial charge in [-0.2, -0.15) is 13.2 Å². The zero-order chi connectivity index (χ0) is 18.5. The molecule has 0 heterocycles. The van der Waals surface area contributed by atoms with Crippen molar-refractivity contribution in [1.82, 2.24) is 5.32 Å². The van der Waals surface area contributed by atoms with Crippen molar-refractivity contribution in [1.29, 1.82) is 0 Å². The van der Waals surface area contributed by atoms with Crippen molar-refractivity contribution < 1.29 is 26.4 Å². The van der Waals surface area contributed by atoms with Gasteiger partial charge >= 0.3 is 6.18 Å². The second kappa shape index (κ2) is 7.87. The van der Waals surface area contributed by atoms with Gasteiger partial charge < -0.3 is 5.32 Å². The van der Waals surface area contributed by atoms with Crippen LogP contribution in [0.25, 0.3) is 0 Å². The molecule has 1 unspecified atom stereocenters. The second-order valence-electron chi connectivity index (χ2n) is 5.51. The Labute approximate surface area is 139 Å². The van der Waals surface area contributed by atoms with Crippen LogP contribution in [0.1, 0.15) is 32.3 Å². The Bertz CT molecular complexity index is 675. The van der Waals surface area contributed by atoms with E-state index in [2.05, 4.69) is 5.32 Å². The number of halogens is 3. The summed E-state index contributed by atoms with van der Waals surface area (Å²) in [7, 11) is -3.82. The largest absolute Gasteiger partial charge is 0.416 e. The molecule has 0 aliphatic rings. The van der Waals surface area contributed by atoms with Crippen molar-refractivity contribution in [2.45, 2.75) is 38.9 Å². The summed E-state index contributed by atoms with van der Waals surface area (Å²) in [5, 5.41) is 2.68. The maximum absolute atomic E-state index is 12.8. The van der Waals surface area contributed by atoms with Gasteiger partial charge in [-0.05, 0) is 31.5 Å². The van der Waals surface area contributed by atoms with Gasteiger partial charge in [-0.25, -0.2) is 8.42 Å². The van der Waals surface area contributed by atoms with Gasteiger partial charge in [0, 0.05) is 19.0 Å². The standard InChI is InChI=1S/C15H21F3N2O3S/c1-4-11(2)19-14(21)8-9-20(24(3,22)23)13-7-5-6-12(10-13)15(16,17)18/h5-7,10-11H,4,8-9H2,1-3H3,(H,19,21). The first-order chi connectivity index (χ1) is 10.9. The molecular formula is C15H21F3N2O3S. The van der Waals surface area contributed by atoms with Gasteiger partial charge in [0.1, 0.15) is 0 Å². The summed E-state index contributed by atoms with van der Waals surface area (Å²) in [6.45, 7) is 3.46. The molecule has 5 nitrogen and oxygen atoms in total. The van der Waals surface area contributed by atoms with Crippen LogP contribution in [-0.2, 0) is 21.0 Å². The molecule has 0 aromatic heterocycles. The molecule has 1 aromatic carbocycles. The van der Waals surface area contributed by atoms with Crippen molar-refractivity contribution in [3.63, 3.8) is 0 Å². The van der Waals surface area contributed by atoms with E-state index in [-0.39, 0.29) is 30.6 Å². The summed E-state index contributed by atoms with van der Waals surface area (Å²) in [5.41, 5.74) is -1.07. The van der Waals surface area contributed by atoms with Crippen LogP contribution in [0.2, 0.25) is 0 Å². The predicted octanol–water partition coefficient (Wildman–Crippen LogP) is 2.78. The van der Waals surface area contributed by atoms with Crippen LogP contribution in [0.15, 0.2) is 24.3 Å². The second-order valence-corrected chi connectivity index (χ2v) is 7.42. The highest BCUT2D eigenvalue weighted by molar-refractivity contribution is 7.92. The van der Waals surface area contributed by atoms with Crippen molar-refractivity contribution in [2.24, 2.45) is 0 Å². The molecule has 136 valence electrons. The van der Waals surface area contributed by atoms with Gasteiger partial charge in [0.25, 0.3) is 0 Å². The maximum atomic E-state index is 12.8. The lowest BCUT2D eigenvalue weighted by Crippen LogP contribution is -2.37. The van der Waals surface area contributed by atoms with Crippen LogP contribution in [0, 0.1) is 0 Å². The van der Waals surface area contributed by atoms with E-state index in [0.29, 0.717) is 0 Å². The Kier molecular flexibility index (Phi) is 6.65. The monoisotopic (exact) mass is 366 g/mol. The van der Waals surface area contributed by atoms with Crippen LogP contribution >= 0.6 is 0 Å². The molecular weight excluding hydrogens is 345 g/mol. The Hall–Kier alpha value is -1.77. The van der Waals surface area contributed by atoms with E-state index >= 15 is 0 Å². The van der Waals surface area contributed by atoms with E-state index in [9.17, 15) is 26.4 Å². The molecule has 1 amide bonds. The molecule has 0 aliphatic heterocycles. The minimum absolute atomic E-state index is 0.0576. The summed E-state index contributed by atoms with van der Waals surface area (Å²) in [6, 6.07) is 3.96. The molecule has 24 heavy (non-hydrogen) atoms. The first-order valence-corrected chi connectivity index (χ1v) is 9.24. The number of sulfonamides is 1. The van der Waals surface area contributed by atoms with E-state index < -0.39 is 21.8 Å². The molecule has 1 aromatic rings. The smallest absolute Gasteiger partial charge is 0.354 e. The number of alkyl halides is 3. The lowest BCUT2D eigenvalue weighted by Gasteiger charge is -2.23. The molecule has 1 N–H and O–H groups in total. The van der Waals surface area contributed by atoms with Crippen LogP contribution in [-0.4, -0.2) is 33.2 Å². The van der Waals surface area contributed by atoms with Crippen LogP contribution in [0.3, 0.4) is 0 Å². The maximum Gasteiger partial charge on any atom is 0.416 e. The van der Waals surface area contributed by atoms with Crippen LogP contribution < -0.4 is 9.62 Å². The van der Waals surface area contributed by atoms with Gasteiger partial charge in [-0.3, -0.25) is 9.10 Å². The lowest BCUT2D eigenvalue weighted by molar-refractivity contribution is -0.137. The third-order valence-electron chi connectivity index (χ3n) is 3.42. The highest BCUT2D eigenvalue weighted by Gasteiger charge is 2.31. The number of rotatable bonds is 7. The zero-order valence-electron chi connectivity index (χ0n) is 13.7. The van der Waals surface area contributed by atoms with Crippen LogP contribution in [0.5, 0.6) is 0 Å². The molecule has 1 atom stereocenters. The highest BCUT2D eigenvalue weighted by Crippen LogP contribution is 2.32. The topological polar surface area (TPSA) is 66.5 Å². The number of hydrogen-bond acceptors (Lipinski definition) is 3. The van der Waals surface area contributed by atoms with Crippen molar-refractivity contribution in [3.05, 3.63) is 29.8 Å². The summed E-state index contributed by atoms with van der Waals surface area (Å²) < 4.78 is 63.0. The van der Waals surface area contributed by atoms with E-state index in [4.69, 9.17) is 0 Å². The van der Waals surface area contributed by atoms with E-state index in [1.165, 1.54) is 6.07 Å². The number of hydrogen-bond donors (Lipinski definition) is 1. The normalized spacial score (nSPS) is 13.4. The molecule has 1 rings (SSSR count). The molecule has 0 radical (unpaired) electrons.